The molecular formula is C40H45F3N4O4. The van der Waals surface area contributed by atoms with Crippen LogP contribution in [0.3, 0.4) is 0 Å². The number of hydrogen-bond donors (Lipinski definition) is 2. The van der Waals surface area contributed by atoms with E-state index in [0.717, 1.165) is 29.1 Å². The van der Waals surface area contributed by atoms with E-state index in [1.54, 1.807) is 30.0 Å². The van der Waals surface area contributed by atoms with Gasteiger partial charge in [0, 0.05) is 44.0 Å². The molecular weight excluding hydrogens is 657 g/mol. The Hall–Kier alpha value is -4.87. The lowest BCUT2D eigenvalue weighted by atomic mass is 9.98. The maximum Gasteiger partial charge on any atom is 0.416 e. The third-order valence-corrected chi connectivity index (χ3v) is 9.36. The molecule has 0 radical (unpaired) electrons. The third kappa shape index (κ3) is 9.08. The van der Waals surface area contributed by atoms with Crippen LogP contribution in [0.25, 0.3) is 0 Å². The number of halogens is 3. The molecule has 270 valence electrons. The molecule has 5 rings (SSSR count). The normalized spacial score (nSPS) is 16.9. The van der Waals surface area contributed by atoms with Gasteiger partial charge in [-0.05, 0) is 80.1 Å². The lowest BCUT2D eigenvalue weighted by Crippen LogP contribution is -2.49. The molecule has 1 heterocycles. The van der Waals surface area contributed by atoms with Gasteiger partial charge in [0.1, 0.15) is 6.10 Å². The van der Waals surface area contributed by atoms with Crippen molar-refractivity contribution in [3.05, 3.63) is 119 Å². The van der Waals surface area contributed by atoms with Crippen molar-refractivity contribution in [1.82, 2.24) is 9.80 Å². The van der Waals surface area contributed by atoms with Gasteiger partial charge in [-0.2, -0.15) is 13.2 Å². The molecule has 2 N–H and O–H groups in total. The predicted molar refractivity (Wildman–Crippen MR) is 193 cm³/mol. The van der Waals surface area contributed by atoms with Gasteiger partial charge in [0.2, 0.25) is 5.91 Å². The number of benzene rings is 4. The Bertz CT molecular complexity index is 1810. The lowest BCUT2D eigenvalue weighted by Gasteiger charge is -2.38. The molecule has 0 unspecified atom stereocenters. The maximum absolute atomic E-state index is 13.8. The second-order valence-corrected chi connectivity index (χ2v) is 13.4. The van der Waals surface area contributed by atoms with E-state index in [4.69, 9.17) is 4.74 Å². The number of alkyl halides is 3. The van der Waals surface area contributed by atoms with E-state index >= 15 is 0 Å². The largest absolute Gasteiger partial charge is 0.486 e. The number of aryl methyl sites for hydroxylation is 1. The van der Waals surface area contributed by atoms with Crippen LogP contribution >= 0.6 is 0 Å². The first-order valence-corrected chi connectivity index (χ1v) is 17.0. The molecule has 4 aromatic carbocycles. The number of rotatable bonds is 11. The zero-order chi connectivity index (χ0) is 36.9. The summed E-state index contributed by atoms with van der Waals surface area (Å²) in [4.78, 5) is 33.0. The molecule has 4 aromatic rings. The summed E-state index contributed by atoms with van der Waals surface area (Å²) < 4.78 is 45.7. The van der Waals surface area contributed by atoms with E-state index in [-0.39, 0.29) is 41.9 Å². The summed E-state index contributed by atoms with van der Waals surface area (Å²) in [7, 11) is 4.05. The minimum Gasteiger partial charge on any atom is -0.486 e. The van der Waals surface area contributed by atoms with Crippen molar-refractivity contribution in [3.8, 4) is 5.75 Å². The van der Waals surface area contributed by atoms with Gasteiger partial charge < -0.3 is 25.0 Å². The van der Waals surface area contributed by atoms with Gasteiger partial charge in [-0.25, -0.2) is 0 Å². The number of aliphatic hydroxyl groups excluding tert-OH is 1. The first-order valence-electron chi connectivity index (χ1n) is 17.0. The number of anilines is 3. The number of nitrogens with zero attached hydrogens (tertiary/aromatic N) is 3. The van der Waals surface area contributed by atoms with Crippen LogP contribution in [-0.4, -0.2) is 72.7 Å². The molecule has 51 heavy (non-hydrogen) atoms. The van der Waals surface area contributed by atoms with Crippen LogP contribution in [-0.2, 0) is 23.9 Å². The number of ether oxygens (including phenoxy) is 1. The number of fused-ring (bicyclic) bond motifs is 1. The maximum atomic E-state index is 13.8. The standard InChI is InChI=1S/C40H45F3N4O4/c1-26-9-6-7-12-35(26)46(5)32-19-15-30(16-20-32)23-45(4)24-36-27(2)22-47(28(3)25-48)39(50)33-10-8-11-34(38(33)51-36)44-37(49)21-29-13-17-31(18-14-29)40(41,42)43/h6-20,27-28,36,48H,21-25H2,1-5H3,(H,44,49)/t27-,28+,36-/m1/s1. The summed E-state index contributed by atoms with van der Waals surface area (Å²) in [5.74, 6) is -0.744. The van der Waals surface area contributed by atoms with Gasteiger partial charge in [0.25, 0.3) is 5.91 Å². The summed E-state index contributed by atoms with van der Waals surface area (Å²) >= 11 is 0. The monoisotopic (exact) mass is 702 g/mol. The second-order valence-electron chi connectivity index (χ2n) is 13.4. The zero-order valence-corrected chi connectivity index (χ0v) is 29.6. The van der Waals surface area contributed by atoms with E-state index in [9.17, 15) is 27.9 Å². The highest BCUT2D eigenvalue weighted by molar-refractivity contribution is 6.02. The first kappa shape index (κ1) is 37.4. The molecule has 11 heteroatoms. The SMILES string of the molecule is Cc1ccccc1N(C)c1ccc(CN(C)C[C@H]2Oc3c(NC(=O)Cc4ccc(C(F)(F)F)cc4)cccc3C(=O)N([C@@H](C)CO)C[C@H]2C)cc1. The van der Waals surface area contributed by atoms with Crippen LogP contribution < -0.4 is 15.0 Å². The molecule has 0 aliphatic carbocycles. The Labute approximate surface area is 297 Å². The second kappa shape index (κ2) is 16.0. The number of nitrogens with one attached hydrogen (secondary N) is 1. The summed E-state index contributed by atoms with van der Waals surface area (Å²) in [6.07, 6.45) is -5.06. The number of carbonyl (C=O) groups is 2. The van der Waals surface area contributed by atoms with E-state index in [1.165, 1.54) is 17.7 Å². The van der Waals surface area contributed by atoms with E-state index < -0.39 is 29.8 Å². The Morgan fingerprint density at radius 1 is 0.980 bits per heavy atom. The van der Waals surface area contributed by atoms with Crippen molar-refractivity contribution >= 4 is 28.9 Å². The van der Waals surface area contributed by atoms with Crippen LogP contribution in [0.15, 0.2) is 91.0 Å². The van der Waals surface area contributed by atoms with Gasteiger partial charge >= 0.3 is 6.18 Å². The number of aliphatic hydroxyl groups is 1. The molecule has 3 atom stereocenters. The van der Waals surface area contributed by atoms with Gasteiger partial charge in [0.05, 0.1) is 35.9 Å². The summed E-state index contributed by atoms with van der Waals surface area (Å²) in [5, 5.41) is 12.9. The first-order chi connectivity index (χ1) is 24.2. The summed E-state index contributed by atoms with van der Waals surface area (Å²) in [5.41, 5.74) is 4.64. The number of para-hydroxylation sites is 2. The Morgan fingerprint density at radius 3 is 2.29 bits per heavy atom. The molecule has 0 saturated heterocycles. The van der Waals surface area contributed by atoms with Crippen molar-refractivity contribution in [2.45, 2.75) is 52.1 Å². The Kier molecular flexibility index (Phi) is 11.7. The highest BCUT2D eigenvalue weighted by Gasteiger charge is 2.35. The van der Waals surface area contributed by atoms with Crippen molar-refractivity contribution in [1.29, 1.82) is 0 Å². The van der Waals surface area contributed by atoms with E-state index in [0.29, 0.717) is 25.2 Å². The third-order valence-electron chi connectivity index (χ3n) is 9.36. The van der Waals surface area contributed by atoms with Crippen molar-refractivity contribution in [2.75, 3.05) is 44.0 Å². The minimum atomic E-state index is -4.47. The number of carbonyl (C=O) groups excluding carboxylic acids is 2. The van der Waals surface area contributed by atoms with Crippen LogP contribution in [0.2, 0.25) is 0 Å². The van der Waals surface area contributed by atoms with Gasteiger partial charge in [-0.1, -0.05) is 55.5 Å². The van der Waals surface area contributed by atoms with E-state index in [2.05, 4.69) is 58.4 Å². The van der Waals surface area contributed by atoms with Crippen molar-refractivity contribution < 1.29 is 32.6 Å². The number of hydrogen-bond acceptors (Lipinski definition) is 6. The predicted octanol–water partition coefficient (Wildman–Crippen LogP) is 7.32. The fourth-order valence-corrected chi connectivity index (χ4v) is 6.34. The van der Waals surface area contributed by atoms with Gasteiger partial charge in [-0.3, -0.25) is 14.5 Å². The molecule has 0 fully saturated rings. The lowest BCUT2D eigenvalue weighted by molar-refractivity contribution is -0.137. The van der Waals surface area contributed by atoms with Crippen LogP contribution in [0.5, 0.6) is 5.75 Å². The van der Waals surface area contributed by atoms with Crippen LogP contribution in [0.1, 0.15) is 46.5 Å². The van der Waals surface area contributed by atoms with E-state index in [1.807, 2.05) is 33.2 Å². The summed E-state index contributed by atoms with van der Waals surface area (Å²) in [6, 6.07) is 25.5. The molecule has 1 aliphatic rings. The minimum absolute atomic E-state index is 0.153. The fourth-order valence-electron chi connectivity index (χ4n) is 6.34. The highest BCUT2D eigenvalue weighted by atomic mass is 19.4. The van der Waals surface area contributed by atoms with Gasteiger partial charge in [-0.15, -0.1) is 0 Å². The van der Waals surface area contributed by atoms with Crippen molar-refractivity contribution in [2.24, 2.45) is 5.92 Å². The summed E-state index contributed by atoms with van der Waals surface area (Å²) in [6.45, 7) is 7.12. The van der Waals surface area contributed by atoms with Crippen molar-refractivity contribution in [3.63, 3.8) is 0 Å². The average Bonchev–Trinajstić information content (AvgIpc) is 3.09. The topological polar surface area (TPSA) is 85.4 Å². The quantitative estimate of drug-likeness (QED) is 0.171. The Morgan fingerprint density at radius 2 is 1.65 bits per heavy atom. The molecule has 0 aromatic heterocycles. The van der Waals surface area contributed by atoms with Crippen LogP contribution in [0.4, 0.5) is 30.2 Å². The number of amides is 2. The van der Waals surface area contributed by atoms with Crippen LogP contribution in [0, 0.1) is 12.8 Å². The zero-order valence-electron chi connectivity index (χ0n) is 29.6. The smallest absolute Gasteiger partial charge is 0.416 e. The highest BCUT2D eigenvalue weighted by Crippen LogP contribution is 2.36. The molecule has 8 nitrogen and oxygen atoms in total. The molecule has 2 amide bonds. The number of likely N-dealkylation sites (N-methyl/N-ethyl adjacent to an activating group) is 1. The van der Waals surface area contributed by atoms with Gasteiger partial charge in [0.15, 0.2) is 5.75 Å². The fraction of sp³-hybridized carbons (Fsp3) is 0.350. The average molecular weight is 703 g/mol. The molecule has 0 spiro atoms. The molecule has 1 aliphatic heterocycles. The Balaban J connectivity index is 1.35. The molecule has 0 bridgehead atoms. The molecule has 0 saturated carbocycles.